The molecule has 0 saturated carbocycles. The molecular weight excluding hydrogens is 275 g/mol. The van der Waals surface area contributed by atoms with Gasteiger partial charge in [0.05, 0.1) is 5.56 Å². The highest BCUT2D eigenvalue weighted by atomic mass is 32.1. The Labute approximate surface area is 121 Å². The lowest BCUT2D eigenvalue weighted by molar-refractivity contribution is 0.0974. The number of thiocarbonyl (C=S) groups is 1. The van der Waals surface area contributed by atoms with Gasteiger partial charge in [-0.3, -0.25) is 10.1 Å². The summed E-state index contributed by atoms with van der Waals surface area (Å²) >= 11 is 5.03. The number of nitrogens with one attached hydrogen (secondary N) is 2. The second kappa shape index (κ2) is 6.25. The van der Waals surface area contributed by atoms with Crippen LogP contribution in [-0.2, 0) is 0 Å². The molecule has 102 valence electrons. The van der Waals surface area contributed by atoms with E-state index in [4.69, 9.17) is 12.2 Å². The van der Waals surface area contributed by atoms with Gasteiger partial charge in [0.25, 0.3) is 5.91 Å². The normalized spacial score (nSPS) is 9.90. The number of aryl methyl sites for hydroxylation is 1. The Kier molecular flexibility index (Phi) is 4.42. The smallest absolute Gasteiger partial charge is 0.260 e. The van der Waals surface area contributed by atoms with Gasteiger partial charge in [0.1, 0.15) is 5.82 Å². The molecular formula is C15H13FN2OS. The van der Waals surface area contributed by atoms with Crippen molar-refractivity contribution in [2.75, 3.05) is 5.32 Å². The molecule has 0 aliphatic rings. The Bertz CT molecular complexity index is 658. The van der Waals surface area contributed by atoms with E-state index in [2.05, 4.69) is 10.6 Å². The van der Waals surface area contributed by atoms with Crippen molar-refractivity contribution in [3.8, 4) is 0 Å². The van der Waals surface area contributed by atoms with Gasteiger partial charge < -0.3 is 5.32 Å². The molecule has 2 rings (SSSR count). The minimum absolute atomic E-state index is 0.0408. The van der Waals surface area contributed by atoms with Crippen LogP contribution in [0.25, 0.3) is 0 Å². The van der Waals surface area contributed by atoms with Gasteiger partial charge in [-0.05, 0) is 49.0 Å². The number of benzene rings is 2. The molecule has 0 aliphatic carbocycles. The maximum Gasteiger partial charge on any atom is 0.260 e. The molecule has 0 heterocycles. The molecule has 20 heavy (non-hydrogen) atoms. The first-order valence-electron chi connectivity index (χ1n) is 6.00. The van der Waals surface area contributed by atoms with Crippen molar-refractivity contribution in [1.82, 2.24) is 5.32 Å². The van der Waals surface area contributed by atoms with Gasteiger partial charge in [0.2, 0.25) is 0 Å². The second-order valence-corrected chi connectivity index (χ2v) is 4.67. The number of rotatable bonds is 2. The number of carbonyl (C=O) groups excluding carboxylic acids is 1. The summed E-state index contributed by atoms with van der Waals surface area (Å²) in [6.07, 6.45) is 0. The molecule has 0 unspecified atom stereocenters. The van der Waals surface area contributed by atoms with Gasteiger partial charge in [-0.1, -0.05) is 24.3 Å². The van der Waals surface area contributed by atoms with Crippen LogP contribution in [-0.4, -0.2) is 11.0 Å². The van der Waals surface area contributed by atoms with E-state index in [0.29, 0.717) is 0 Å². The van der Waals surface area contributed by atoms with Gasteiger partial charge in [0.15, 0.2) is 5.11 Å². The van der Waals surface area contributed by atoms with Crippen LogP contribution in [0.3, 0.4) is 0 Å². The number of hydrogen-bond donors (Lipinski definition) is 2. The number of halogens is 1. The number of anilines is 1. The molecule has 0 radical (unpaired) electrons. The highest BCUT2D eigenvalue weighted by molar-refractivity contribution is 7.80. The molecule has 0 atom stereocenters. The summed E-state index contributed by atoms with van der Waals surface area (Å²) in [5.41, 5.74) is 1.79. The molecule has 0 fully saturated rings. The minimum Gasteiger partial charge on any atom is -0.332 e. The van der Waals surface area contributed by atoms with Crippen molar-refractivity contribution in [1.29, 1.82) is 0 Å². The average molecular weight is 288 g/mol. The number of amides is 1. The summed E-state index contributed by atoms with van der Waals surface area (Å²) in [5, 5.41) is 5.45. The molecule has 3 nitrogen and oxygen atoms in total. The zero-order valence-corrected chi connectivity index (χ0v) is 11.6. The Morgan fingerprint density at radius 2 is 1.90 bits per heavy atom. The van der Waals surface area contributed by atoms with Crippen LogP contribution >= 0.6 is 12.2 Å². The minimum atomic E-state index is -0.580. The first kappa shape index (κ1) is 14.1. The van der Waals surface area contributed by atoms with Crippen molar-refractivity contribution in [3.05, 3.63) is 65.5 Å². The highest BCUT2D eigenvalue weighted by Gasteiger charge is 2.12. The summed E-state index contributed by atoms with van der Waals surface area (Å²) in [5.74, 6) is -1.16. The molecule has 5 heteroatoms. The van der Waals surface area contributed by atoms with E-state index >= 15 is 0 Å². The lowest BCUT2D eigenvalue weighted by Crippen LogP contribution is -2.34. The monoisotopic (exact) mass is 288 g/mol. The van der Waals surface area contributed by atoms with Crippen molar-refractivity contribution in [2.24, 2.45) is 0 Å². The first-order valence-corrected chi connectivity index (χ1v) is 6.40. The SMILES string of the molecule is Cc1cccc(NC(=S)NC(=O)c2ccccc2F)c1. The quantitative estimate of drug-likeness (QED) is 0.833. The van der Waals surface area contributed by atoms with Crippen LogP contribution in [0.5, 0.6) is 0 Å². The van der Waals surface area contributed by atoms with Gasteiger partial charge in [-0.25, -0.2) is 4.39 Å². The average Bonchev–Trinajstić information content (AvgIpc) is 2.38. The van der Waals surface area contributed by atoms with Gasteiger partial charge in [0, 0.05) is 5.69 Å². The van der Waals surface area contributed by atoms with Crippen LogP contribution in [0, 0.1) is 12.7 Å². The summed E-state index contributed by atoms with van der Waals surface area (Å²) < 4.78 is 13.4. The van der Waals surface area contributed by atoms with E-state index in [9.17, 15) is 9.18 Å². The van der Waals surface area contributed by atoms with Crippen molar-refractivity contribution in [3.63, 3.8) is 0 Å². The number of carbonyl (C=O) groups is 1. The van der Waals surface area contributed by atoms with Crippen LogP contribution in [0.4, 0.5) is 10.1 Å². The summed E-state index contributed by atoms with van der Waals surface area (Å²) in [7, 11) is 0. The molecule has 0 aliphatic heterocycles. The van der Waals surface area contributed by atoms with E-state index in [1.807, 2.05) is 31.2 Å². The zero-order valence-electron chi connectivity index (χ0n) is 10.8. The van der Waals surface area contributed by atoms with Crippen molar-refractivity contribution in [2.45, 2.75) is 6.92 Å². The Balaban J connectivity index is 2.02. The topological polar surface area (TPSA) is 41.1 Å². The van der Waals surface area contributed by atoms with Crippen LogP contribution in [0.15, 0.2) is 48.5 Å². The maximum atomic E-state index is 13.4. The molecule has 1 amide bonds. The lowest BCUT2D eigenvalue weighted by Gasteiger charge is -2.10. The number of hydrogen-bond acceptors (Lipinski definition) is 2. The van der Waals surface area contributed by atoms with Crippen LogP contribution < -0.4 is 10.6 Å². The second-order valence-electron chi connectivity index (χ2n) is 4.26. The van der Waals surface area contributed by atoms with Crippen molar-refractivity contribution < 1.29 is 9.18 Å². The fourth-order valence-electron chi connectivity index (χ4n) is 1.70. The molecule has 2 aromatic rings. The Hall–Kier alpha value is -2.27. The van der Waals surface area contributed by atoms with E-state index in [0.717, 1.165) is 11.3 Å². The Morgan fingerprint density at radius 1 is 1.15 bits per heavy atom. The van der Waals surface area contributed by atoms with E-state index in [1.165, 1.54) is 18.2 Å². The van der Waals surface area contributed by atoms with E-state index in [-0.39, 0.29) is 10.7 Å². The molecule has 2 aromatic carbocycles. The largest absolute Gasteiger partial charge is 0.332 e. The molecule has 0 aromatic heterocycles. The van der Waals surface area contributed by atoms with Crippen LogP contribution in [0.1, 0.15) is 15.9 Å². The molecule has 2 N–H and O–H groups in total. The first-order chi connectivity index (χ1) is 9.56. The van der Waals surface area contributed by atoms with Gasteiger partial charge in [-0.2, -0.15) is 0 Å². The third-order valence-corrected chi connectivity index (χ3v) is 2.83. The summed E-state index contributed by atoms with van der Waals surface area (Å²) in [6, 6.07) is 13.3. The Morgan fingerprint density at radius 3 is 2.60 bits per heavy atom. The third-order valence-electron chi connectivity index (χ3n) is 2.62. The van der Waals surface area contributed by atoms with E-state index < -0.39 is 11.7 Å². The summed E-state index contributed by atoms with van der Waals surface area (Å²) in [6.45, 7) is 1.95. The van der Waals surface area contributed by atoms with Crippen molar-refractivity contribution >= 4 is 28.9 Å². The zero-order chi connectivity index (χ0) is 14.5. The summed E-state index contributed by atoms with van der Waals surface area (Å²) in [4.78, 5) is 11.9. The standard InChI is InChI=1S/C15H13FN2OS/c1-10-5-4-6-11(9-10)17-15(20)18-14(19)12-7-2-3-8-13(12)16/h2-9H,1H3,(H2,17,18,19,20). The third kappa shape index (κ3) is 3.61. The fourth-order valence-corrected chi connectivity index (χ4v) is 1.91. The highest BCUT2D eigenvalue weighted by Crippen LogP contribution is 2.10. The predicted octanol–water partition coefficient (Wildman–Crippen LogP) is 3.26. The molecule has 0 bridgehead atoms. The van der Waals surface area contributed by atoms with E-state index in [1.54, 1.807) is 6.07 Å². The molecule has 0 saturated heterocycles. The predicted molar refractivity (Wildman–Crippen MR) is 81.3 cm³/mol. The maximum absolute atomic E-state index is 13.4. The van der Waals surface area contributed by atoms with Crippen LogP contribution in [0.2, 0.25) is 0 Å². The lowest BCUT2D eigenvalue weighted by atomic mass is 10.2. The van der Waals surface area contributed by atoms with Gasteiger partial charge in [-0.15, -0.1) is 0 Å². The fraction of sp³-hybridized carbons (Fsp3) is 0.0667. The molecule has 0 spiro atoms. The van der Waals surface area contributed by atoms with Gasteiger partial charge >= 0.3 is 0 Å².